The van der Waals surface area contributed by atoms with Crippen molar-refractivity contribution in [3.8, 4) is 0 Å². The number of carbonyl (C=O) groups is 1. The molecule has 2 heterocycles. The van der Waals surface area contributed by atoms with Crippen LogP contribution >= 0.6 is 11.5 Å². The molecule has 114 valence electrons. The van der Waals surface area contributed by atoms with Crippen LogP contribution in [0.2, 0.25) is 0 Å². The molecule has 1 atom stereocenters. The number of nitrogens with zero attached hydrogens (tertiary/aromatic N) is 1. The smallest absolute Gasteiger partial charge is 0.320 e. The van der Waals surface area contributed by atoms with E-state index in [9.17, 15) is 4.79 Å². The molecule has 5 nitrogen and oxygen atoms in total. The van der Waals surface area contributed by atoms with Gasteiger partial charge in [0.15, 0.2) is 0 Å². The van der Waals surface area contributed by atoms with Gasteiger partial charge in [-0.1, -0.05) is 18.2 Å². The molecular weight excluding hydrogens is 298 g/mol. The Kier molecular flexibility index (Phi) is 3.85. The number of amides is 2. The normalized spacial score (nSPS) is 12.3. The lowest BCUT2D eigenvalue weighted by atomic mass is 10.1. The maximum atomic E-state index is 12.1. The first-order valence-electron chi connectivity index (χ1n) is 7.03. The summed E-state index contributed by atoms with van der Waals surface area (Å²) in [7, 11) is 0. The number of carbonyl (C=O) groups excluding carboxylic acids is 1. The van der Waals surface area contributed by atoms with Gasteiger partial charge < -0.3 is 9.73 Å². The molecule has 3 rings (SSSR count). The summed E-state index contributed by atoms with van der Waals surface area (Å²) in [6.07, 6.45) is 1.73. The molecule has 0 fully saturated rings. The fourth-order valence-electron chi connectivity index (χ4n) is 2.42. The van der Waals surface area contributed by atoms with E-state index in [4.69, 9.17) is 4.42 Å². The molecule has 0 spiro atoms. The highest BCUT2D eigenvalue weighted by molar-refractivity contribution is 7.10. The molecule has 0 radical (unpaired) electrons. The van der Waals surface area contributed by atoms with Crippen molar-refractivity contribution in [2.24, 2.45) is 0 Å². The lowest BCUT2D eigenvalue weighted by Gasteiger charge is -2.13. The van der Waals surface area contributed by atoms with Crippen LogP contribution in [0.15, 0.2) is 34.9 Å². The minimum absolute atomic E-state index is 0.222. The van der Waals surface area contributed by atoms with Crippen molar-refractivity contribution in [3.63, 3.8) is 0 Å². The first-order valence-corrected chi connectivity index (χ1v) is 7.80. The molecule has 0 aliphatic rings. The lowest BCUT2D eigenvalue weighted by molar-refractivity contribution is 0.248. The van der Waals surface area contributed by atoms with Crippen LogP contribution in [-0.4, -0.2) is 10.4 Å². The van der Waals surface area contributed by atoms with E-state index in [-0.39, 0.29) is 12.1 Å². The molecule has 0 saturated carbocycles. The van der Waals surface area contributed by atoms with Crippen LogP contribution in [-0.2, 0) is 0 Å². The Morgan fingerprint density at radius 1 is 1.32 bits per heavy atom. The van der Waals surface area contributed by atoms with Crippen molar-refractivity contribution in [2.45, 2.75) is 26.8 Å². The van der Waals surface area contributed by atoms with E-state index < -0.39 is 0 Å². The number of anilines is 1. The van der Waals surface area contributed by atoms with Crippen molar-refractivity contribution in [1.82, 2.24) is 9.69 Å². The zero-order valence-corrected chi connectivity index (χ0v) is 13.5. The van der Waals surface area contributed by atoms with Gasteiger partial charge in [-0.2, -0.15) is 4.37 Å². The summed E-state index contributed by atoms with van der Waals surface area (Å²) in [5, 5.41) is 7.54. The van der Waals surface area contributed by atoms with Crippen molar-refractivity contribution in [3.05, 3.63) is 47.3 Å². The number of para-hydroxylation sites is 1. The number of fused-ring (bicyclic) bond motifs is 1. The number of hydrogen-bond donors (Lipinski definition) is 2. The summed E-state index contributed by atoms with van der Waals surface area (Å²) < 4.78 is 9.90. The van der Waals surface area contributed by atoms with Crippen LogP contribution in [0.5, 0.6) is 0 Å². The second kappa shape index (κ2) is 5.81. The molecule has 2 N–H and O–H groups in total. The summed E-state index contributed by atoms with van der Waals surface area (Å²) in [6, 6.07) is 7.38. The number of hydrogen-bond acceptors (Lipinski definition) is 4. The van der Waals surface area contributed by atoms with Gasteiger partial charge in [-0.3, -0.25) is 5.32 Å². The SMILES string of the molecule is Cc1cnsc1NC(=O)N[C@H](C)c1oc2ccccc2c1C. The van der Waals surface area contributed by atoms with Crippen LogP contribution in [0.3, 0.4) is 0 Å². The maximum absolute atomic E-state index is 12.1. The number of aromatic nitrogens is 1. The minimum atomic E-state index is -0.264. The molecule has 22 heavy (non-hydrogen) atoms. The fraction of sp³-hybridized carbons (Fsp3) is 0.250. The second-order valence-corrected chi connectivity index (χ2v) is 6.05. The third-order valence-electron chi connectivity index (χ3n) is 3.60. The Morgan fingerprint density at radius 3 is 2.77 bits per heavy atom. The third-order valence-corrected chi connectivity index (χ3v) is 4.41. The zero-order chi connectivity index (χ0) is 15.7. The van der Waals surface area contributed by atoms with Crippen LogP contribution in [0.25, 0.3) is 11.0 Å². The topological polar surface area (TPSA) is 67.2 Å². The van der Waals surface area contributed by atoms with Gasteiger partial charge in [-0.05, 0) is 38.4 Å². The van der Waals surface area contributed by atoms with Gasteiger partial charge in [0.25, 0.3) is 0 Å². The van der Waals surface area contributed by atoms with Gasteiger partial charge in [0.05, 0.1) is 6.04 Å². The highest BCUT2D eigenvalue weighted by Gasteiger charge is 2.18. The van der Waals surface area contributed by atoms with Gasteiger partial charge in [0.1, 0.15) is 16.3 Å². The zero-order valence-electron chi connectivity index (χ0n) is 12.6. The predicted octanol–water partition coefficient (Wildman–Crippen LogP) is 4.39. The highest BCUT2D eigenvalue weighted by Crippen LogP contribution is 2.29. The average molecular weight is 315 g/mol. The molecule has 3 aromatic rings. The van der Waals surface area contributed by atoms with Crippen LogP contribution in [0, 0.1) is 13.8 Å². The number of furan rings is 1. The maximum Gasteiger partial charge on any atom is 0.320 e. The van der Waals surface area contributed by atoms with Gasteiger partial charge in [0, 0.05) is 22.7 Å². The molecule has 2 aromatic heterocycles. The first-order chi connectivity index (χ1) is 10.6. The van der Waals surface area contributed by atoms with Crippen LogP contribution < -0.4 is 10.6 Å². The first kappa shape index (κ1) is 14.6. The van der Waals surface area contributed by atoms with Gasteiger partial charge >= 0.3 is 6.03 Å². The van der Waals surface area contributed by atoms with E-state index in [1.165, 1.54) is 11.5 Å². The van der Waals surface area contributed by atoms with E-state index in [1.54, 1.807) is 6.20 Å². The van der Waals surface area contributed by atoms with Crippen molar-refractivity contribution in [2.75, 3.05) is 5.32 Å². The highest BCUT2D eigenvalue weighted by atomic mass is 32.1. The Labute approximate surface area is 132 Å². The van der Waals surface area contributed by atoms with E-state index in [0.717, 1.165) is 32.9 Å². The standard InChI is InChI=1S/C16H17N3O2S/c1-9-8-17-22-15(9)19-16(20)18-11(3)14-10(2)12-6-4-5-7-13(12)21-14/h4-8,11H,1-3H3,(H2,18,19,20)/t11-/m1/s1. The molecule has 1 aromatic carbocycles. The molecule has 2 amide bonds. The molecule has 0 saturated heterocycles. The van der Waals surface area contributed by atoms with Gasteiger partial charge in [-0.25, -0.2) is 4.79 Å². The Hall–Kier alpha value is -2.34. The Balaban J connectivity index is 1.75. The van der Waals surface area contributed by atoms with Crippen molar-refractivity contribution < 1.29 is 9.21 Å². The second-order valence-electron chi connectivity index (χ2n) is 5.25. The van der Waals surface area contributed by atoms with Gasteiger partial charge in [-0.15, -0.1) is 0 Å². The van der Waals surface area contributed by atoms with E-state index >= 15 is 0 Å². The van der Waals surface area contributed by atoms with Crippen LogP contribution in [0.1, 0.15) is 29.9 Å². The monoisotopic (exact) mass is 315 g/mol. The van der Waals surface area contributed by atoms with Crippen LogP contribution in [0.4, 0.5) is 9.80 Å². The van der Waals surface area contributed by atoms with E-state index in [2.05, 4.69) is 15.0 Å². The fourth-order valence-corrected chi connectivity index (χ4v) is 3.07. The minimum Gasteiger partial charge on any atom is -0.459 e. The number of nitrogens with one attached hydrogen (secondary N) is 2. The average Bonchev–Trinajstić information content (AvgIpc) is 3.04. The molecular formula is C16H17N3O2S. The van der Waals surface area contributed by atoms with E-state index in [0.29, 0.717) is 0 Å². The summed E-state index contributed by atoms with van der Waals surface area (Å²) >= 11 is 1.26. The lowest BCUT2D eigenvalue weighted by Crippen LogP contribution is -2.31. The summed E-state index contributed by atoms with van der Waals surface area (Å²) in [6.45, 7) is 5.82. The summed E-state index contributed by atoms with van der Waals surface area (Å²) in [5.41, 5.74) is 2.84. The number of aryl methyl sites for hydroxylation is 2. The van der Waals surface area contributed by atoms with Crippen molar-refractivity contribution >= 4 is 33.5 Å². The largest absolute Gasteiger partial charge is 0.459 e. The molecule has 0 aliphatic carbocycles. The number of rotatable bonds is 3. The predicted molar refractivity (Wildman–Crippen MR) is 88.4 cm³/mol. The van der Waals surface area contributed by atoms with Crippen molar-refractivity contribution in [1.29, 1.82) is 0 Å². The Morgan fingerprint density at radius 2 is 2.09 bits per heavy atom. The quantitative estimate of drug-likeness (QED) is 0.753. The third kappa shape index (κ3) is 2.69. The molecule has 0 unspecified atom stereocenters. The summed E-state index contributed by atoms with van der Waals surface area (Å²) in [4.78, 5) is 12.1. The molecule has 6 heteroatoms. The Bertz CT molecular complexity index is 822. The molecule has 0 aliphatic heterocycles. The van der Waals surface area contributed by atoms with Gasteiger partial charge in [0.2, 0.25) is 0 Å². The molecule has 0 bridgehead atoms. The summed E-state index contributed by atoms with van der Waals surface area (Å²) in [5.74, 6) is 0.775. The number of urea groups is 1. The van der Waals surface area contributed by atoms with E-state index in [1.807, 2.05) is 45.0 Å². The number of benzene rings is 1.